The van der Waals surface area contributed by atoms with Crippen molar-refractivity contribution in [3.8, 4) is 17.2 Å². The van der Waals surface area contributed by atoms with E-state index in [1.807, 2.05) is 12.1 Å². The van der Waals surface area contributed by atoms with Gasteiger partial charge in [-0.25, -0.2) is 0 Å². The molecule has 0 unspecified atom stereocenters. The molecule has 6 heteroatoms. The van der Waals surface area contributed by atoms with Gasteiger partial charge in [0.1, 0.15) is 5.75 Å². The number of methoxy groups -OCH3 is 3. The maximum Gasteiger partial charge on any atom is 0.161 e. The van der Waals surface area contributed by atoms with Crippen LogP contribution >= 0.6 is 0 Å². The third kappa shape index (κ3) is 4.91. The average Bonchev–Trinajstić information content (AvgIpc) is 3.68. The van der Waals surface area contributed by atoms with E-state index in [-0.39, 0.29) is 0 Å². The summed E-state index contributed by atoms with van der Waals surface area (Å²) < 4.78 is 16.7. The number of aliphatic imine (C=N–C) groups is 1. The molecule has 1 aliphatic heterocycles. The van der Waals surface area contributed by atoms with Crippen molar-refractivity contribution in [2.75, 3.05) is 52.4 Å². The molecule has 2 fully saturated rings. The Morgan fingerprint density at radius 3 is 2.25 bits per heavy atom. The molecule has 2 aromatic carbocycles. The molecular weight excluding hydrogens is 402 g/mol. The highest BCUT2D eigenvalue weighted by Crippen LogP contribution is 2.39. The Morgan fingerprint density at radius 1 is 0.969 bits per heavy atom. The molecular formula is C26H33N3O3. The van der Waals surface area contributed by atoms with E-state index in [2.05, 4.69) is 51.9 Å². The SMILES string of the molecule is C=N/C(=C\c1cc(OC)c(OC)cc1CN1CCN(c2ccccc2OC)CC1)C1CC1. The van der Waals surface area contributed by atoms with Crippen LogP contribution in [0.25, 0.3) is 6.08 Å². The Morgan fingerprint density at radius 2 is 1.62 bits per heavy atom. The molecule has 32 heavy (non-hydrogen) atoms. The zero-order chi connectivity index (χ0) is 22.5. The number of rotatable bonds is 9. The number of allylic oxidation sites excluding steroid dienone is 1. The Labute approximate surface area is 191 Å². The average molecular weight is 436 g/mol. The molecule has 1 saturated carbocycles. The number of hydrogen-bond donors (Lipinski definition) is 0. The summed E-state index contributed by atoms with van der Waals surface area (Å²) in [4.78, 5) is 9.19. The lowest BCUT2D eigenvalue weighted by Crippen LogP contribution is -2.46. The van der Waals surface area contributed by atoms with Gasteiger partial charge in [-0.2, -0.15) is 0 Å². The number of ether oxygens (including phenoxy) is 3. The lowest BCUT2D eigenvalue weighted by Gasteiger charge is -2.37. The fourth-order valence-corrected chi connectivity index (χ4v) is 4.32. The quantitative estimate of drug-likeness (QED) is 0.543. The van der Waals surface area contributed by atoms with E-state index in [0.717, 1.165) is 66.9 Å². The molecule has 1 aliphatic carbocycles. The minimum Gasteiger partial charge on any atom is -0.495 e. The first-order valence-corrected chi connectivity index (χ1v) is 11.2. The lowest BCUT2D eigenvalue weighted by atomic mass is 10.0. The minimum absolute atomic E-state index is 0.540. The van der Waals surface area contributed by atoms with Crippen LogP contribution in [0.2, 0.25) is 0 Å². The first-order chi connectivity index (χ1) is 15.7. The van der Waals surface area contributed by atoms with E-state index in [0.29, 0.717) is 5.92 Å². The molecule has 6 nitrogen and oxygen atoms in total. The Hall–Kier alpha value is -2.99. The Bertz CT molecular complexity index is 976. The zero-order valence-corrected chi connectivity index (χ0v) is 19.3. The first kappa shape index (κ1) is 22.2. The molecule has 170 valence electrons. The summed E-state index contributed by atoms with van der Waals surface area (Å²) in [6.07, 6.45) is 4.56. The van der Waals surface area contributed by atoms with Crippen LogP contribution in [-0.2, 0) is 6.54 Å². The van der Waals surface area contributed by atoms with Crippen LogP contribution in [0.15, 0.2) is 47.1 Å². The highest BCUT2D eigenvalue weighted by molar-refractivity contribution is 5.64. The van der Waals surface area contributed by atoms with Crippen molar-refractivity contribution in [1.82, 2.24) is 4.90 Å². The summed E-state index contributed by atoms with van der Waals surface area (Å²) in [5.41, 5.74) is 4.58. The third-order valence-corrected chi connectivity index (χ3v) is 6.32. The van der Waals surface area contributed by atoms with Crippen molar-refractivity contribution in [1.29, 1.82) is 0 Å². The Balaban J connectivity index is 1.53. The van der Waals surface area contributed by atoms with Gasteiger partial charge in [-0.05, 0) is 61.0 Å². The molecule has 2 aromatic rings. The van der Waals surface area contributed by atoms with E-state index in [1.165, 1.54) is 18.4 Å². The molecule has 0 radical (unpaired) electrons. The van der Waals surface area contributed by atoms with Gasteiger partial charge in [-0.15, -0.1) is 0 Å². The molecule has 0 atom stereocenters. The zero-order valence-electron chi connectivity index (χ0n) is 19.3. The van der Waals surface area contributed by atoms with Gasteiger partial charge in [0.05, 0.1) is 27.0 Å². The summed E-state index contributed by atoms with van der Waals surface area (Å²) in [6, 6.07) is 12.4. The predicted octanol–water partition coefficient (Wildman–Crippen LogP) is 4.49. The summed E-state index contributed by atoms with van der Waals surface area (Å²) >= 11 is 0. The van der Waals surface area contributed by atoms with Crippen LogP contribution < -0.4 is 19.1 Å². The Kier molecular flexibility index (Phi) is 7.00. The van der Waals surface area contributed by atoms with E-state index in [1.54, 1.807) is 21.3 Å². The number of benzene rings is 2. The van der Waals surface area contributed by atoms with Crippen LogP contribution in [0.5, 0.6) is 17.2 Å². The molecule has 0 bridgehead atoms. The highest BCUT2D eigenvalue weighted by atomic mass is 16.5. The van der Waals surface area contributed by atoms with Crippen LogP contribution in [0.1, 0.15) is 24.0 Å². The second kappa shape index (κ2) is 10.1. The largest absolute Gasteiger partial charge is 0.495 e. The summed E-state index contributed by atoms with van der Waals surface area (Å²) in [5, 5.41) is 0. The number of piperazine rings is 1. The number of nitrogens with zero attached hydrogens (tertiary/aromatic N) is 3. The van der Waals surface area contributed by atoms with Crippen molar-refractivity contribution in [2.45, 2.75) is 19.4 Å². The van der Waals surface area contributed by atoms with Gasteiger partial charge in [0.15, 0.2) is 11.5 Å². The van der Waals surface area contributed by atoms with Gasteiger partial charge in [0, 0.05) is 44.3 Å². The van der Waals surface area contributed by atoms with Crippen LogP contribution in [0.3, 0.4) is 0 Å². The van der Waals surface area contributed by atoms with Crippen LogP contribution in [0, 0.1) is 5.92 Å². The van der Waals surface area contributed by atoms with E-state index in [4.69, 9.17) is 14.2 Å². The van der Waals surface area contributed by atoms with Crippen molar-refractivity contribution in [3.63, 3.8) is 0 Å². The van der Waals surface area contributed by atoms with E-state index >= 15 is 0 Å². The van der Waals surface area contributed by atoms with Crippen molar-refractivity contribution in [3.05, 3.63) is 53.2 Å². The number of anilines is 1. The van der Waals surface area contributed by atoms with Gasteiger partial charge in [-0.3, -0.25) is 9.89 Å². The highest BCUT2D eigenvalue weighted by Gasteiger charge is 2.26. The third-order valence-electron chi connectivity index (χ3n) is 6.32. The molecule has 0 aromatic heterocycles. The standard InChI is InChI=1S/C26H33N3O3/c1-27-22(19-9-10-19)15-20-16-25(31-3)26(32-4)17-21(20)18-28-11-13-29(14-12-28)23-7-5-6-8-24(23)30-2/h5-8,15-17,19H,1,9-14,18H2,2-4H3/b22-15-. The second-order valence-electron chi connectivity index (χ2n) is 8.34. The summed E-state index contributed by atoms with van der Waals surface area (Å²) in [7, 11) is 5.09. The van der Waals surface area contributed by atoms with E-state index in [9.17, 15) is 0 Å². The molecule has 2 aliphatic rings. The normalized spacial score (nSPS) is 17.2. The summed E-state index contributed by atoms with van der Waals surface area (Å²) in [5.74, 6) is 2.96. The van der Waals surface area contributed by atoms with Crippen molar-refractivity contribution < 1.29 is 14.2 Å². The maximum atomic E-state index is 5.59. The molecule has 4 rings (SSSR count). The fraction of sp³-hybridized carbons (Fsp3) is 0.423. The fourth-order valence-electron chi connectivity index (χ4n) is 4.32. The number of hydrogen-bond acceptors (Lipinski definition) is 6. The summed E-state index contributed by atoms with van der Waals surface area (Å²) in [6.45, 7) is 8.51. The maximum absolute atomic E-state index is 5.59. The first-order valence-electron chi connectivity index (χ1n) is 11.2. The van der Waals surface area contributed by atoms with Gasteiger partial charge in [-0.1, -0.05) is 12.1 Å². The smallest absolute Gasteiger partial charge is 0.161 e. The van der Waals surface area contributed by atoms with Crippen LogP contribution in [-0.4, -0.2) is 59.1 Å². The number of para-hydroxylation sites is 2. The monoisotopic (exact) mass is 435 g/mol. The lowest BCUT2D eigenvalue weighted by molar-refractivity contribution is 0.248. The molecule has 0 N–H and O–H groups in total. The molecule has 0 spiro atoms. The van der Waals surface area contributed by atoms with Gasteiger partial charge in [0.25, 0.3) is 0 Å². The van der Waals surface area contributed by atoms with Gasteiger partial charge >= 0.3 is 0 Å². The van der Waals surface area contributed by atoms with Gasteiger partial charge < -0.3 is 19.1 Å². The van der Waals surface area contributed by atoms with Crippen molar-refractivity contribution >= 4 is 18.5 Å². The molecule has 1 saturated heterocycles. The molecule has 0 amide bonds. The minimum atomic E-state index is 0.540. The predicted molar refractivity (Wildman–Crippen MR) is 130 cm³/mol. The van der Waals surface area contributed by atoms with Gasteiger partial charge in [0.2, 0.25) is 0 Å². The second-order valence-corrected chi connectivity index (χ2v) is 8.34. The molecule has 1 heterocycles. The topological polar surface area (TPSA) is 46.5 Å². The van der Waals surface area contributed by atoms with E-state index < -0.39 is 0 Å². The van der Waals surface area contributed by atoms with Crippen molar-refractivity contribution in [2.24, 2.45) is 10.9 Å². The van der Waals surface area contributed by atoms with Crippen LogP contribution in [0.4, 0.5) is 5.69 Å².